The van der Waals surface area contributed by atoms with Gasteiger partial charge in [-0.25, -0.2) is 0 Å². The topological polar surface area (TPSA) is 30.5 Å². The van der Waals surface area contributed by atoms with Gasteiger partial charge >= 0.3 is 6.18 Å². The summed E-state index contributed by atoms with van der Waals surface area (Å²) in [6.07, 6.45) is -2.08. The van der Waals surface area contributed by atoms with Crippen LogP contribution in [-0.2, 0) is 9.47 Å². The summed E-state index contributed by atoms with van der Waals surface area (Å²) < 4.78 is 44.8. The van der Waals surface area contributed by atoms with Crippen LogP contribution in [0, 0.1) is 0 Å². The summed E-state index contributed by atoms with van der Waals surface area (Å²) in [7, 11) is 0. The van der Waals surface area contributed by atoms with E-state index < -0.39 is 12.8 Å². The molecule has 0 fully saturated rings. The van der Waals surface area contributed by atoms with Crippen molar-refractivity contribution in [2.24, 2.45) is 0 Å². The molecule has 6 heteroatoms. The van der Waals surface area contributed by atoms with Crippen LogP contribution in [0.15, 0.2) is 0 Å². The van der Waals surface area contributed by atoms with E-state index in [2.05, 4.69) is 10.1 Å². The molecule has 0 aliphatic heterocycles. The van der Waals surface area contributed by atoms with Crippen LogP contribution >= 0.6 is 0 Å². The third kappa shape index (κ3) is 15.7. The lowest BCUT2D eigenvalue weighted by Crippen LogP contribution is -2.24. The number of hydrogen-bond acceptors (Lipinski definition) is 3. The monoisotopic (exact) mass is 257 g/mol. The molecule has 0 saturated carbocycles. The summed E-state index contributed by atoms with van der Waals surface area (Å²) in [5.74, 6) is 0. The minimum absolute atomic E-state index is 0.0853. The van der Waals surface area contributed by atoms with Crippen LogP contribution in [0.5, 0.6) is 0 Å². The predicted molar refractivity (Wildman–Crippen MR) is 60.1 cm³/mol. The number of halogens is 3. The predicted octanol–water partition coefficient (Wildman–Crippen LogP) is 2.36. The van der Waals surface area contributed by atoms with Crippen LogP contribution in [-0.4, -0.2) is 45.2 Å². The van der Waals surface area contributed by atoms with Crippen molar-refractivity contribution in [1.29, 1.82) is 0 Å². The van der Waals surface area contributed by atoms with Gasteiger partial charge in [0.1, 0.15) is 6.61 Å². The molecule has 0 heterocycles. The highest BCUT2D eigenvalue weighted by molar-refractivity contribution is 4.50. The highest BCUT2D eigenvalue weighted by Gasteiger charge is 2.27. The smallest absolute Gasteiger partial charge is 0.379 e. The number of unbranched alkanes of at least 4 members (excludes halogenated alkanes) is 1. The van der Waals surface area contributed by atoms with Crippen molar-refractivity contribution < 1.29 is 22.6 Å². The summed E-state index contributed by atoms with van der Waals surface area (Å²) in [5, 5.41) is 3.01. The maximum atomic E-state index is 11.7. The molecule has 0 aliphatic rings. The lowest BCUT2D eigenvalue weighted by molar-refractivity contribution is -0.173. The lowest BCUT2D eigenvalue weighted by atomic mass is 10.3. The summed E-state index contributed by atoms with van der Waals surface area (Å²) in [6, 6.07) is 0. The molecule has 1 N–H and O–H groups in total. The van der Waals surface area contributed by atoms with Crippen molar-refractivity contribution in [2.75, 3.05) is 32.9 Å². The number of alkyl halides is 3. The number of rotatable bonds is 10. The highest BCUT2D eigenvalue weighted by Crippen LogP contribution is 2.13. The van der Waals surface area contributed by atoms with Gasteiger partial charge in [0.05, 0.1) is 12.7 Å². The van der Waals surface area contributed by atoms with Crippen molar-refractivity contribution >= 4 is 0 Å². The van der Waals surface area contributed by atoms with Crippen molar-refractivity contribution in [3.05, 3.63) is 0 Å². The van der Waals surface area contributed by atoms with Gasteiger partial charge in [-0.15, -0.1) is 0 Å². The average molecular weight is 257 g/mol. The Balaban J connectivity index is 3.04. The lowest BCUT2D eigenvalue weighted by Gasteiger charge is -2.09. The molecule has 0 aromatic rings. The SMILES string of the molecule is CC(C)OCCCCNCCOCC(F)(F)F. The summed E-state index contributed by atoms with van der Waals surface area (Å²) in [4.78, 5) is 0. The molecule has 0 aromatic carbocycles. The van der Waals surface area contributed by atoms with Gasteiger partial charge in [0.2, 0.25) is 0 Å². The van der Waals surface area contributed by atoms with Crippen LogP contribution in [0.3, 0.4) is 0 Å². The van der Waals surface area contributed by atoms with Crippen molar-refractivity contribution in [3.8, 4) is 0 Å². The first-order valence-corrected chi connectivity index (χ1v) is 5.88. The van der Waals surface area contributed by atoms with Gasteiger partial charge in [-0.3, -0.25) is 0 Å². The largest absolute Gasteiger partial charge is 0.411 e. The Morgan fingerprint density at radius 1 is 1.06 bits per heavy atom. The molecule has 0 radical (unpaired) electrons. The summed E-state index contributed by atoms with van der Waals surface area (Å²) in [5.41, 5.74) is 0. The van der Waals surface area contributed by atoms with E-state index in [0.29, 0.717) is 6.54 Å². The van der Waals surface area contributed by atoms with Gasteiger partial charge in [0.15, 0.2) is 0 Å². The van der Waals surface area contributed by atoms with Crippen LogP contribution in [0.25, 0.3) is 0 Å². The van der Waals surface area contributed by atoms with Crippen LogP contribution < -0.4 is 5.32 Å². The quantitative estimate of drug-likeness (QED) is 0.609. The standard InChI is InChI=1S/C11H22F3NO2/c1-10(2)17-7-4-3-5-15-6-8-16-9-11(12,13)14/h10,15H,3-9H2,1-2H3. The normalized spacial score (nSPS) is 12.4. The van der Waals surface area contributed by atoms with Crippen molar-refractivity contribution in [2.45, 2.75) is 39.0 Å². The van der Waals surface area contributed by atoms with E-state index >= 15 is 0 Å². The van der Waals surface area contributed by atoms with E-state index in [0.717, 1.165) is 26.0 Å². The van der Waals surface area contributed by atoms with Crippen LogP contribution in [0.4, 0.5) is 13.2 Å². The van der Waals surface area contributed by atoms with Gasteiger partial charge in [-0.2, -0.15) is 13.2 Å². The average Bonchev–Trinajstić information content (AvgIpc) is 2.18. The molecule has 0 rings (SSSR count). The molecule has 0 aliphatic carbocycles. The second-order valence-corrected chi connectivity index (χ2v) is 4.04. The second kappa shape index (κ2) is 9.67. The third-order valence-corrected chi connectivity index (χ3v) is 1.89. The molecule has 0 aromatic heterocycles. The molecule has 17 heavy (non-hydrogen) atoms. The molecule has 0 unspecified atom stereocenters. The van der Waals surface area contributed by atoms with E-state index in [-0.39, 0.29) is 12.7 Å². The Labute approximate surface area is 101 Å². The Hall–Kier alpha value is -0.330. The Morgan fingerprint density at radius 3 is 2.35 bits per heavy atom. The Kier molecular flexibility index (Phi) is 9.49. The molecule has 0 spiro atoms. The molecular formula is C11H22F3NO2. The Morgan fingerprint density at radius 2 is 1.76 bits per heavy atom. The van der Waals surface area contributed by atoms with Gasteiger partial charge in [-0.1, -0.05) is 0 Å². The van der Waals surface area contributed by atoms with E-state index in [9.17, 15) is 13.2 Å². The maximum Gasteiger partial charge on any atom is 0.411 e. The fraction of sp³-hybridized carbons (Fsp3) is 1.00. The first-order valence-electron chi connectivity index (χ1n) is 5.88. The fourth-order valence-corrected chi connectivity index (χ4v) is 1.13. The minimum Gasteiger partial charge on any atom is -0.379 e. The molecule has 3 nitrogen and oxygen atoms in total. The van der Waals surface area contributed by atoms with Crippen LogP contribution in [0.2, 0.25) is 0 Å². The first-order chi connectivity index (χ1) is 7.92. The zero-order valence-electron chi connectivity index (χ0n) is 10.5. The van der Waals surface area contributed by atoms with Gasteiger partial charge in [-0.05, 0) is 33.2 Å². The second-order valence-electron chi connectivity index (χ2n) is 4.04. The molecule has 104 valence electrons. The zero-order valence-corrected chi connectivity index (χ0v) is 10.5. The highest BCUT2D eigenvalue weighted by atomic mass is 19.4. The number of nitrogens with one attached hydrogen (secondary N) is 1. The zero-order chi connectivity index (χ0) is 13.1. The summed E-state index contributed by atoms with van der Waals surface area (Å²) >= 11 is 0. The minimum atomic E-state index is -4.23. The van der Waals surface area contributed by atoms with Gasteiger partial charge in [0.25, 0.3) is 0 Å². The van der Waals surface area contributed by atoms with Crippen molar-refractivity contribution in [1.82, 2.24) is 5.32 Å². The molecular weight excluding hydrogens is 235 g/mol. The first kappa shape index (κ1) is 16.7. The number of hydrogen-bond donors (Lipinski definition) is 1. The molecule has 0 saturated heterocycles. The maximum absolute atomic E-state index is 11.7. The van der Waals surface area contributed by atoms with E-state index in [1.165, 1.54) is 0 Å². The van der Waals surface area contributed by atoms with E-state index in [4.69, 9.17) is 4.74 Å². The van der Waals surface area contributed by atoms with E-state index in [1.807, 2.05) is 13.8 Å². The fourth-order valence-electron chi connectivity index (χ4n) is 1.13. The Bertz CT molecular complexity index is 175. The van der Waals surface area contributed by atoms with Gasteiger partial charge in [0, 0.05) is 13.2 Å². The number of ether oxygens (including phenoxy) is 2. The van der Waals surface area contributed by atoms with Gasteiger partial charge < -0.3 is 14.8 Å². The molecule has 0 bridgehead atoms. The van der Waals surface area contributed by atoms with E-state index in [1.54, 1.807) is 0 Å². The molecule has 0 amide bonds. The third-order valence-electron chi connectivity index (χ3n) is 1.89. The molecule has 0 atom stereocenters. The van der Waals surface area contributed by atoms with Crippen molar-refractivity contribution in [3.63, 3.8) is 0 Å². The summed E-state index contributed by atoms with van der Waals surface area (Å²) in [6.45, 7) is 4.83. The van der Waals surface area contributed by atoms with Crippen LogP contribution in [0.1, 0.15) is 26.7 Å².